The number of nitrogens with one attached hydrogen (secondary N) is 1. The van der Waals surface area contributed by atoms with Crippen LogP contribution < -0.4 is 5.32 Å². The highest BCUT2D eigenvalue weighted by atomic mass is 16.1. The molecule has 1 aliphatic heterocycles. The molecule has 1 unspecified atom stereocenters. The molecule has 0 radical (unpaired) electrons. The lowest BCUT2D eigenvalue weighted by Gasteiger charge is -2.59. The molecule has 0 aromatic carbocycles. The third-order valence-corrected chi connectivity index (χ3v) is 7.86. The quantitative estimate of drug-likeness (QED) is 0.732. The summed E-state index contributed by atoms with van der Waals surface area (Å²) >= 11 is 0. The van der Waals surface area contributed by atoms with Gasteiger partial charge >= 0.3 is 0 Å². The molecule has 1 heterocycles. The summed E-state index contributed by atoms with van der Waals surface area (Å²) in [5, 5.41) is 3.81. The summed E-state index contributed by atoms with van der Waals surface area (Å²) in [6.07, 6.45) is 9.76. The van der Waals surface area contributed by atoms with E-state index >= 15 is 0 Å². The smallest absolute Gasteiger partial charge is 0.133 e. The molecule has 2 nitrogen and oxygen atoms in total. The lowest BCUT2D eigenvalue weighted by molar-refractivity contribution is -0.135. The molecule has 3 saturated carbocycles. The molecule has 0 aromatic rings. The summed E-state index contributed by atoms with van der Waals surface area (Å²) in [5.41, 5.74) is 0.898. The van der Waals surface area contributed by atoms with Crippen LogP contribution in [0.2, 0.25) is 0 Å². The van der Waals surface area contributed by atoms with E-state index in [4.69, 9.17) is 0 Å². The Kier molecular flexibility index (Phi) is 2.87. The van der Waals surface area contributed by atoms with Crippen LogP contribution in [0.4, 0.5) is 0 Å². The van der Waals surface area contributed by atoms with Crippen LogP contribution in [0.3, 0.4) is 0 Å². The van der Waals surface area contributed by atoms with E-state index in [1.165, 1.54) is 45.1 Å². The SMILES string of the molecule is C[C@]12CCC(=O)CC1CC[C@@H]1[C@H]2CC[C@]2(C)NCC[C@@H]12. The van der Waals surface area contributed by atoms with Gasteiger partial charge in [-0.25, -0.2) is 0 Å². The van der Waals surface area contributed by atoms with Crippen LogP contribution in [0.15, 0.2) is 0 Å². The van der Waals surface area contributed by atoms with Crippen molar-refractivity contribution >= 4 is 5.78 Å². The number of hydrogen-bond donors (Lipinski definition) is 1. The van der Waals surface area contributed by atoms with Gasteiger partial charge in [0.2, 0.25) is 0 Å². The maximum absolute atomic E-state index is 11.8. The first-order valence-corrected chi connectivity index (χ1v) is 8.80. The zero-order valence-electron chi connectivity index (χ0n) is 13.1. The fourth-order valence-corrected chi connectivity index (χ4v) is 6.63. The monoisotopic (exact) mass is 275 g/mol. The minimum absolute atomic E-state index is 0.425. The predicted molar refractivity (Wildman–Crippen MR) is 80.4 cm³/mol. The highest BCUT2D eigenvalue weighted by molar-refractivity contribution is 5.79. The van der Waals surface area contributed by atoms with Crippen LogP contribution in [0, 0.1) is 29.1 Å². The molecule has 20 heavy (non-hydrogen) atoms. The standard InChI is InChI=1S/C18H29NO/c1-17-8-5-13(20)11-12(17)3-4-14-15(17)6-9-18(2)16(14)7-10-19-18/h12,14-16,19H,3-11H2,1-2H3/t12?,14-,15-,16+,17+,18+/m1/s1. The number of rotatable bonds is 0. The number of hydrogen-bond acceptors (Lipinski definition) is 2. The fourth-order valence-electron chi connectivity index (χ4n) is 6.63. The maximum atomic E-state index is 11.8. The first-order chi connectivity index (χ1) is 9.53. The van der Waals surface area contributed by atoms with E-state index in [-0.39, 0.29) is 0 Å². The van der Waals surface area contributed by atoms with E-state index in [1.807, 2.05) is 0 Å². The molecule has 1 saturated heterocycles. The van der Waals surface area contributed by atoms with Gasteiger partial charge in [0, 0.05) is 18.4 Å². The molecule has 112 valence electrons. The molecule has 0 aromatic heterocycles. The number of fused-ring (bicyclic) bond motifs is 5. The minimum atomic E-state index is 0.425. The van der Waals surface area contributed by atoms with Crippen LogP contribution >= 0.6 is 0 Å². The third-order valence-electron chi connectivity index (χ3n) is 7.86. The Morgan fingerprint density at radius 2 is 1.90 bits per heavy atom. The van der Waals surface area contributed by atoms with Crippen molar-refractivity contribution in [2.45, 2.75) is 70.8 Å². The van der Waals surface area contributed by atoms with Gasteiger partial charge in [0.05, 0.1) is 0 Å². The average Bonchev–Trinajstić information content (AvgIpc) is 2.81. The predicted octanol–water partition coefficient (Wildman–Crippen LogP) is 3.55. The molecule has 0 spiro atoms. The van der Waals surface area contributed by atoms with E-state index in [0.717, 1.165) is 30.6 Å². The molecular weight excluding hydrogens is 246 g/mol. The largest absolute Gasteiger partial charge is 0.311 e. The van der Waals surface area contributed by atoms with Crippen LogP contribution in [0.5, 0.6) is 0 Å². The number of carbonyl (C=O) groups is 1. The summed E-state index contributed by atoms with van der Waals surface area (Å²) in [4.78, 5) is 11.8. The minimum Gasteiger partial charge on any atom is -0.311 e. The van der Waals surface area contributed by atoms with Crippen LogP contribution in [0.1, 0.15) is 65.2 Å². The topological polar surface area (TPSA) is 29.1 Å². The van der Waals surface area contributed by atoms with Crippen molar-refractivity contribution < 1.29 is 4.79 Å². The Balaban J connectivity index is 1.64. The summed E-state index contributed by atoms with van der Waals surface area (Å²) in [5.74, 6) is 3.96. The Hall–Kier alpha value is -0.370. The van der Waals surface area contributed by atoms with Gasteiger partial charge in [-0.05, 0) is 81.1 Å². The maximum Gasteiger partial charge on any atom is 0.133 e. The summed E-state index contributed by atoms with van der Waals surface area (Å²) in [6, 6.07) is 0. The molecule has 3 aliphatic carbocycles. The summed E-state index contributed by atoms with van der Waals surface area (Å²) in [6.45, 7) is 6.23. The van der Waals surface area contributed by atoms with E-state index in [1.54, 1.807) is 0 Å². The second-order valence-corrected chi connectivity index (χ2v) is 8.57. The van der Waals surface area contributed by atoms with Gasteiger partial charge in [-0.15, -0.1) is 0 Å². The van der Waals surface area contributed by atoms with Crippen LogP contribution in [-0.4, -0.2) is 17.9 Å². The van der Waals surface area contributed by atoms with Crippen molar-refractivity contribution in [3.8, 4) is 0 Å². The van der Waals surface area contributed by atoms with E-state index in [2.05, 4.69) is 19.2 Å². The number of ketones is 1. The van der Waals surface area contributed by atoms with E-state index in [9.17, 15) is 4.79 Å². The van der Waals surface area contributed by atoms with Gasteiger partial charge < -0.3 is 5.32 Å². The molecule has 6 atom stereocenters. The zero-order chi connectivity index (χ0) is 14.0. The van der Waals surface area contributed by atoms with Crippen LogP contribution in [0.25, 0.3) is 0 Å². The Bertz CT molecular complexity index is 433. The lowest BCUT2D eigenvalue weighted by Crippen LogP contribution is -2.56. The van der Waals surface area contributed by atoms with E-state index < -0.39 is 0 Å². The summed E-state index contributed by atoms with van der Waals surface area (Å²) < 4.78 is 0. The Morgan fingerprint density at radius 3 is 2.75 bits per heavy atom. The molecule has 0 amide bonds. The van der Waals surface area contributed by atoms with Gasteiger partial charge in [0.1, 0.15) is 5.78 Å². The second-order valence-electron chi connectivity index (χ2n) is 8.57. The Labute approximate surface area is 123 Å². The fraction of sp³-hybridized carbons (Fsp3) is 0.944. The van der Waals surface area contributed by atoms with Crippen molar-refractivity contribution in [2.75, 3.05) is 6.54 Å². The van der Waals surface area contributed by atoms with Crippen molar-refractivity contribution in [1.29, 1.82) is 0 Å². The van der Waals surface area contributed by atoms with Gasteiger partial charge in [-0.1, -0.05) is 6.92 Å². The molecule has 4 aliphatic rings. The molecular formula is C18H29NO. The van der Waals surface area contributed by atoms with Gasteiger partial charge in [0.15, 0.2) is 0 Å². The molecule has 1 N–H and O–H groups in total. The lowest BCUT2D eigenvalue weighted by atomic mass is 9.46. The van der Waals surface area contributed by atoms with Crippen LogP contribution in [-0.2, 0) is 4.79 Å². The molecule has 0 bridgehead atoms. The van der Waals surface area contributed by atoms with Crippen molar-refractivity contribution in [3.63, 3.8) is 0 Å². The second kappa shape index (κ2) is 4.32. The number of Topliss-reactive ketones (excluding diaryl/α,β-unsaturated/α-hetero) is 1. The highest BCUT2D eigenvalue weighted by Crippen LogP contribution is 2.62. The Morgan fingerprint density at radius 1 is 1.05 bits per heavy atom. The van der Waals surface area contributed by atoms with Crippen molar-refractivity contribution in [3.05, 3.63) is 0 Å². The van der Waals surface area contributed by atoms with Gasteiger partial charge in [0.25, 0.3) is 0 Å². The zero-order valence-corrected chi connectivity index (χ0v) is 13.1. The number of carbonyl (C=O) groups excluding carboxylic acids is 1. The first-order valence-electron chi connectivity index (χ1n) is 8.80. The van der Waals surface area contributed by atoms with Crippen molar-refractivity contribution in [2.24, 2.45) is 29.1 Å². The molecule has 4 fully saturated rings. The molecule has 2 heteroatoms. The normalized spacial score (nSPS) is 55.0. The van der Waals surface area contributed by atoms with Gasteiger partial charge in [-0.3, -0.25) is 4.79 Å². The van der Waals surface area contributed by atoms with Gasteiger partial charge in [-0.2, -0.15) is 0 Å². The van der Waals surface area contributed by atoms with E-state index in [0.29, 0.717) is 22.7 Å². The highest BCUT2D eigenvalue weighted by Gasteiger charge is 2.57. The first kappa shape index (κ1) is 13.3. The third kappa shape index (κ3) is 1.70. The summed E-state index contributed by atoms with van der Waals surface area (Å²) in [7, 11) is 0. The average molecular weight is 275 g/mol. The molecule has 4 rings (SSSR count). The van der Waals surface area contributed by atoms with Crippen molar-refractivity contribution in [1.82, 2.24) is 5.32 Å².